The molecule has 0 N–H and O–H groups in total. The summed E-state index contributed by atoms with van der Waals surface area (Å²) < 4.78 is 0. The first-order valence-corrected chi connectivity index (χ1v) is 5.06. The van der Waals surface area contributed by atoms with E-state index in [-0.39, 0.29) is 18.2 Å². The molecule has 4 nitrogen and oxygen atoms in total. The molecule has 0 spiro atoms. The van der Waals surface area contributed by atoms with Crippen molar-refractivity contribution < 1.29 is 9.59 Å². The van der Waals surface area contributed by atoms with Gasteiger partial charge in [0.15, 0.2) is 0 Å². The highest BCUT2D eigenvalue weighted by atomic mass is 16.2. The van der Waals surface area contributed by atoms with Gasteiger partial charge in [-0.3, -0.25) is 9.59 Å². The fourth-order valence-electron chi connectivity index (χ4n) is 1.53. The van der Waals surface area contributed by atoms with Crippen molar-refractivity contribution in [3.05, 3.63) is 35.4 Å². The van der Waals surface area contributed by atoms with E-state index in [4.69, 9.17) is 0 Å². The van der Waals surface area contributed by atoms with Crippen LogP contribution in [0.25, 0.3) is 0 Å². The molecule has 2 amide bonds. The summed E-state index contributed by atoms with van der Waals surface area (Å²) in [5.41, 5.74) is 2.23. The van der Waals surface area contributed by atoms with Crippen LogP contribution in [0.3, 0.4) is 0 Å². The van der Waals surface area contributed by atoms with Gasteiger partial charge in [0.2, 0.25) is 0 Å². The van der Waals surface area contributed by atoms with Crippen molar-refractivity contribution in [2.24, 2.45) is 5.10 Å². The van der Waals surface area contributed by atoms with Crippen LogP contribution in [0.5, 0.6) is 0 Å². The minimum Gasteiger partial charge on any atom is -0.272 e. The van der Waals surface area contributed by atoms with Gasteiger partial charge >= 0.3 is 0 Å². The predicted molar refractivity (Wildman–Crippen MR) is 60.1 cm³/mol. The maximum Gasteiger partial charge on any atom is 0.281 e. The molecule has 0 saturated carbocycles. The number of carbonyl (C=O) groups excluding carboxylic acids is 2. The lowest BCUT2D eigenvalue weighted by atomic mass is 10.1. The maximum absolute atomic E-state index is 11.9. The Bertz CT molecular complexity index is 474. The van der Waals surface area contributed by atoms with E-state index in [0.29, 0.717) is 11.3 Å². The third kappa shape index (κ3) is 1.86. The quantitative estimate of drug-likeness (QED) is 0.671. The van der Waals surface area contributed by atoms with Crippen molar-refractivity contribution in [2.75, 3.05) is 0 Å². The molecule has 82 valence electrons. The summed E-state index contributed by atoms with van der Waals surface area (Å²) >= 11 is 0. The molecule has 0 radical (unpaired) electrons. The summed E-state index contributed by atoms with van der Waals surface area (Å²) in [5, 5.41) is 4.86. The number of aryl methyl sites for hydroxylation is 1. The van der Waals surface area contributed by atoms with Crippen LogP contribution in [0.15, 0.2) is 29.4 Å². The lowest BCUT2D eigenvalue weighted by Gasteiger charge is -2.09. The van der Waals surface area contributed by atoms with E-state index in [1.807, 2.05) is 19.1 Å². The predicted octanol–water partition coefficient (Wildman–Crippen LogP) is 1.74. The fourth-order valence-corrected chi connectivity index (χ4v) is 1.53. The zero-order valence-electron chi connectivity index (χ0n) is 9.23. The highest BCUT2D eigenvalue weighted by molar-refractivity contribution is 6.13. The van der Waals surface area contributed by atoms with Crippen molar-refractivity contribution in [3.63, 3.8) is 0 Å². The number of hydrazone groups is 1. The number of hydrogen-bond donors (Lipinski definition) is 0. The third-order valence-corrected chi connectivity index (χ3v) is 2.40. The molecule has 1 heterocycles. The van der Waals surface area contributed by atoms with Crippen LogP contribution < -0.4 is 0 Å². The van der Waals surface area contributed by atoms with Gasteiger partial charge in [-0.05, 0) is 26.0 Å². The minimum absolute atomic E-state index is 0.234. The average molecular weight is 216 g/mol. The molecule has 0 unspecified atom stereocenters. The van der Waals surface area contributed by atoms with E-state index < -0.39 is 0 Å². The summed E-state index contributed by atoms with van der Waals surface area (Å²) in [6.45, 7) is 3.68. The molecule has 0 atom stereocenters. The van der Waals surface area contributed by atoms with Crippen molar-refractivity contribution in [1.82, 2.24) is 5.01 Å². The van der Waals surface area contributed by atoms with Crippen LogP contribution in [0, 0.1) is 6.92 Å². The second kappa shape index (κ2) is 3.89. The van der Waals surface area contributed by atoms with E-state index >= 15 is 0 Å². The van der Waals surface area contributed by atoms with Gasteiger partial charge in [-0.15, -0.1) is 0 Å². The Morgan fingerprint density at radius 3 is 2.38 bits per heavy atom. The number of hydrogen-bond acceptors (Lipinski definition) is 3. The molecule has 1 aliphatic rings. The smallest absolute Gasteiger partial charge is 0.272 e. The molecule has 1 aliphatic heterocycles. The molecule has 1 aromatic rings. The Morgan fingerprint density at radius 2 is 1.88 bits per heavy atom. The summed E-state index contributed by atoms with van der Waals surface area (Å²) in [6.07, 6.45) is 0.234. The Kier molecular flexibility index (Phi) is 2.56. The molecule has 0 saturated heterocycles. The van der Waals surface area contributed by atoms with Crippen LogP contribution >= 0.6 is 0 Å². The first kappa shape index (κ1) is 10.5. The number of benzene rings is 1. The topological polar surface area (TPSA) is 49.7 Å². The van der Waals surface area contributed by atoms with E-state index in [1.165, 1.54) is 0 Å². The van der Waals surface area contributed by atoms with E-state index in [0.717, 1.165) is 10.6 Å². The van der Waals surface area contributed by atoms with Gasteiger partial charge in [0.25, 0.3) is 11.8 Å². The van der Waals surface area contributed by atoms with Gasteiger partial charge in [0, 0.05) is 11.3 Å². The Morgan fingerprint density at radius 1 is 1.25 bits per heavy atom. The highest BCUT2D eigenvalue weighted by Crippen LogP contribution is 2.13. The second-order valence-corrected chi connectivity index (χ2v) is 3.89. The maximum atomic E-state index is 11.9. The molecule has 0 aromatic heterocycles. The average Bonchev–Trinajstić information content (AvgIpc) is 2.58. The van der Waals surface area contributed by atoms with Crippen molar-refractivity contribution >= 4 is 17.5 Å². The number of imide groups is 1. The van der Waals surface area contributed by atoms with Gasteiger partial charge in [0.05, 0.1) is 6.42 Å². The van der Waals surface area contributed by atoms with Crippen molar-refractivity contribution in [3.8, 4) is 0 Å². The fraction of sp³-hybridized carbons (Fsp3) is 0.250. The normalized spacial score (nSPS) is 15.2. The van der Waals surface area contributed by atoms with Crippen LogP contribution in [-0.4, -0.2) is 22.5 Å². The molecular weight excluding hydrogens is 204 g/mol. The van der Waals surface area contributed by atoms with E-state index in [9.17, 15) is 9.59 Å². The molecule has 0 aliphatic carbocycles. The molecule has 1 aromatic carbocycles. The molecular formula is C12H12N2O2. The number of rotatable bonds is 1. The molecule has 2 rings (SSSR count). The molecule has 0 fully saturated rings. The third-order valence-electron chi connectivity index (χ3n) is 2.40. The number of carbonyl (C=O) groups is 2. The van der Waals surface area contributed by atoms with Crippen LogP contribution in [-0.2, 0) is 4.79 Å². The lowest BCUT2D eigenvalue weighted by molar-refractivity contribution is -0.126. The zero-order chi connectivity index (χ0) is 11.7. The molecule has 16 heavy (non-hydrogen) atoms. The monoisotopic (exact) mass is 216 g/mol. The Balaban J connectivity index is 2.26. The highest BCUT2D eigenvalue weighted by Gasteiger charge is 2.27. The molecule has 0 bridgehead atoms. The van der Waals surface area contributed by atoms with Crippen molar-refractivity contribution in [2.45, 2.75) is 20.3 Å². The second-order valence-electron chi connectivity index (χ2n) is 3.89. The van der Waals surface area contributed by atoms with Crippen LogP contribution in [0.2, 0.25) is 0 Å². The lowest BCUT2D eigenvalue weighted by Crippen LogP contribution is -2.28. The Hall–Kier alpha value is -1.97. The SMILES string of the molecule is CC1=NN(C(=O)c2ccc(C)cc2)C(=O)C1. The number of nitrogens with zero attached hydrogens (tertiary/aromatic N) is 2. The molecule has 4 heteroatoms. The summed E-state index contributed by atoms with van der Waals surface area (Å²) in [7, 11) is 0. The summed E-state index contributed by atoms with van der Waals surface area (Å²) in [5.74, 6) is -0.620. The zero-order valence-corrected chi connectivity index (χ0v) is 9.23. The van der Waals surface area contributed by atoms with E-state index in [1.54, 1.807) is 19.1 Å². The Labute approximate surface area is 93.6 Å². The largest absolute Gasteiger partial charge is 0.281 e. The van der Waals surface area contributed by atoms with Crippen LogP contribution in [0.1, 0.15) is 29.3 Å². The summed E-state index contributed by atoms with van der Waals surface area (Å²) in [4.78, 5) is 23.4. The van der Waals surface area contributed by atoms with Gasteiger partial charge in [-0.2, -0.15) is 10.1 Å². The minimum atomic E-state index is -0.359. The van der Waals surface area contributed by atoms with Crippen LogP contribution in [0.4, 0.5) is 0 Å². The van der Waals surface area contributed by atoms with Gasteiger partial charge in [0.1, 0.15) is 0 Å². The van der Waals surface area contributed by atoms with E-state index in [2.05, 4.69) is 5.10 Å². The first-order chi connectivity index (χ1) is 7.58. The van der Waals surface area contributed by atoms with Gasteiger partial charge in [-0.1, -0.05) is 17.7 Å². The van der Waals surface area contributed by atoms with Gasteiger partial charge in [-0.25, -0.2) is 0 Å². The van der Waals surface area contributed by atoms with Crippen molar-refractivity contribution in [1.29, 1.82) is 0 Å². The standard InChI is InChI=1S/C12H12N2O2/c1-8-3-5-10(6-4-8)12(16)14-11(15)7-9(2)13-14/h3-6H,7H2,1-2H3. The summed E-state index contributed by atoms with van der Waals surface area (Å²) in [6, 6.07) is 7.08. The van der Waals surface area contributed by atoms with Gasteiger partial charge < -0.3 is 0 Å². The first-order valence-electron chi connectivity index (χ1n) is 5.06. The number of amides is 2.